The number of carbonyl (C=O) groups excluding carboxylic acids is 1. The molecule has 26 heavy (non-hydrogen) atoms. The van der Waals surface area contributed by atoms with Crippen LogP contribution >= 0.6 is 0 Å². The van der Waals surface area contributed by atoms with Gasteiger partial charge < -0.3 is 14.8 Å². The first-order chi connectivity index (χ1) is 12.7. The molecule has 0 unspecified atom stereocenters. The SMILES string of the molecule is CN(Cc1ccc(C#N)cc1)C(=O)NCc1ccc(-n2ccnc2)cc1. The number of carbonyl (C=O) groups is 1. The highest BCUT2D eigenvalue weighted by Crippen LogP contribution is 2.10. The van der Waals surface area contributed by atoms with Crippen molar-refractivity contribution in [2.75, 3.05) is 7.05 Å². The van der Waals surface area contributed by atoms with Crippen LogP contribution in [0.2, 0.25) is 0 Å². The molecule has 0 aliphatic carbocycles. The van der Waals surface area contributed by atoms with Gasteiger partial charge in [-0.05, 0) is 35.4 Å². The maximum Gasteiger partial charge on any atom is 0.317 e. The van der Waals surface area contributed by atoms with E-state index in [1.165, 1.54) is 0 Å². The lowest BCUT2D eigenvalue weighted by Crippen LogP contribution is -2.36. The number of hydrogen-bond acceptors (Lipinski definition) is 3. The highest BCUT2D eigenvalue weighted by atomic mass is 16.2. The van der Waals surface area contributed by atoms with Crippen molar-refractivity contribution in [1.29, 1.82) is 5.26 Å². The molecule has 130 valence electrons. The molecular weight excluding hydrogens is 326 g/mol. The molecule has 0 aliphatic heterocycles. The van der Waals surface area contributed by atoms with Crippen molar-refractivity contribution >= 4 is 6.03 Å². The quantitative estimate of drug-likeness (QED) is 0.772. The molecule has 0 saturated carbocycles. The summed E-state index contributed by atoms with van der Waals surface area (Å²) in [6.07, 6.45) is 5.36. The summed E-state index contributed by atoms with van der Waals surface area (Å²) < 4.78 is 1.92. The molecule has 0 bridgehead atoms. The van der Waals surface area contributed by atoms with Crippen LogP contribution in [0.3, 0.4) is 0 Å². The molecule has 0 spiro atoms. The molecule has 2 aromatic carbocycles. The fourth-order valence-electron chi connectivity index (χ4n) is 2.54. The van der Waals surface area contributed by atoms with Crippen LogP contribution in [-0.2, 0) is 13.1 Å². The zero-order chi connectivity index (χ0) is 18.4. The van der Waals surface area contributed by atoms with Crippen LogP contribution in [0.5, 0.6) is 0 Å². The fourth-order valence-corrected chi connectivity index (χ4v) is 2.54. The smallest absolute Gasteiger partial charge is 0.317 e. The summed E-state index contributed by atoms with van der Waals surface area (Å²) in [5.41, 5.74) is 3.64. The van der Waals surface area contributed by atoms with Crippen molar-refractivity contribution in [2.24, 2.45) is 0 Å². The minimum absolute atomic E-state index is 0.145. The van der Waals surface area contributed by atoms with E-state index in [9.17, 15) is 4.79 Å². The van der Waals surface area contributed by atoms with Gasteiger partial charge in [-0.25, -0.2) is 9.78 Å². The number of benzene rings is 2. The van der Waals surface area contributed by atoms with Crippen LogP contribution < -0.4 is 5.32 Å². The minimum atomic E-state index is -0.145. The first kappa shape index (κ1) is 17.2. The second-order valence-electron chi connectivity index (χ2n) is 5.96. The number of urea groups is 1. The van der Waals surface area contributed by atoms with E-state index < -0.39 is 0 Å². The van der Waals surface area contributed by atoms with E-state index in [4.69, 9.17) is 5.26 Å². The van der Waals surface area contributed by atoms with E-state index in [0.717, 1.165) is 16.8 Å². The zero-order valence-corrected chi connectivity index (χ0v) is 14.5. The van der Waals surface area contributed by atoms with E-state index >= 15 is 0 Å². The van der Waals surface area contributed by atoms with Gasteiger partial charge >= 0.3 is 6.03 Å². The monoisotopic (exact) mass is 345 g/mol. The van der Waals surface area contributed by atoms with Gasteiger partial charge in [0.25, 0.3) is 0 Å². The van der Waals surface area contributed by atoms with E-state index in [1.54, 1.807) is 36.6 Å². The number of nitriles is 1. The standard InChI is InChI=1S/C20H19N5O/c1-24(14-18-4-2-16(12-21)3-5-18)20(26)23-13-17-6-8-19(9-7-17)25-11-10-22-15-25/h2-11,15H,13-14H2,1H3,(H,23,26). The van der Waals surface area contributed by atoms with Crippen molar-refractivity contribution in [2.45, 2.75) is 13.1 Å². The lowest BCUT2D eigenvalue weighted by molar-refractivity contribution is 0.206. The maximum absolute atomic E-state index is 12.2. The second kappa shape index (κ2) is 7.99. The Labute approximate surface area is 152 Å². The molecular formula is C20H19N5O. The van der Waals surface area contributed by atoms with Gasteiger partial charge in [-0.3, -0.25) is 0 Å². The topological polar surface area (TPSA) is 74.0 Å². The zero-order valence-electron chi connectivity index (χ0n) is 14.5. The van der Waals surface area contributed by atoms with Crippen molar-refractivity contribution in [3.05, 3.63) is 83.9 Å². The van der Waals surface area contributed by atoms with Crippen molar-refractivity contribution in [3.63, 3.8) is 0 Å². The third-order valence-corrected chi connectivity index (χ3v) is 4.03. The molecule has 0 saturated heterocycles. The van der Waals surface area contributed by atoms with Crippen molar-refractivity contribution < 1.29 is 4.79 Å². The Hall–Kier alpha value is -3.59. The maximum atomic E-state index is 12.2. The number of nitrogens with zero attached hydrogens (tertiary/aromatic N) is 4. The third-order valence-electron chi connectivity index (χ3n) is 4.03. The Balaban J connectivity index is 1.52. The lowest BCUT2D eigenvalue weighted by atomic mass is 10.1. The molecule has 1 heterocycles. The Morgan fingerprint density at radius 3 is 2.46 bits per heavy atom. The summed E-state index contributed by atoms with van der Waals surface area (Å²) in [6, 6.07) is 17.1. The number of amides is 2. The van der Waals surface area contributed by atoms with Crippen LogP contribution in [0.25, 0.3) is 5.69 Å². The first-order valence-corrected chi connectivity index (χ1v) is 8.21. The summed E-state index contributed by atoms with van der Waals surface area (Å²) in [5, 5.41) is 11.7. The summed E-state index contributed by atoms with van der Waals surface area (Å²) in [6.45, 7) is 0.942. The molecule has 0 radical (unpaired) electrons. The van der Waals surface area contributed by atoms with Gasteiger partial charge in [-0.1, -0.05) is 24.3 Å². The average Bonchev–Trinajstić information content (AvgIpc) is 3.22. The van der Waals surface area contributed by atoms with Gasteiger partial charge in [0, 0.05) is 38.2 Å². The normalized spacial score (nSPS) is 10.2. The Morgan fingerprint density at radius 1 is 1.15 bits per heavy atom. The molecule has 0 atom stereocenters. The van der Waals surface area contributed by atoms with Crippen molar-refractivity contribution in [3.8, 4) is 11.8 Å². The van der Waals surface area contributed by atoms with E-state index in [2.05, 4.69) is 16.4 Å². The Kier molecular flexibility index (Phi) is 5.30. The molecule has 6 heteroatoms. The van der Waals surface area contributed by atoms with E-state index in [0.29, 0.717) is 18.7 Å². The molecule has 0 aliphatic rings. The number of nitrogens with one attached hydrogen (secondary N) is 1. The second-order valence-corrected chi connectivity index (χ2v) is 5.96. The molecule has 0 fully saturated rings. The van der Waals surface area contributed by atoms with Crippen LogP contribution in [0.15, 0.2) is 67.3 Å². The number of hydrogen-bond donors (Lipinski definition) is 1. The van der Waals surface area contributed by atoms with Crippen LogP contribution in [0, 0.1) is 11.3 Å². The summed E-state index contributed by atoms with van der Waals surface area (Å²) >= 11 is 0. The molecule has 6 nitrogen and oxygen atoms in total. The highest BCUT2D eigenvalue weighted by Gasteiger charge is 2.09. The van der Waals surface area contributed by atoms with Gasteiger partial charge in [-0.15, -0.1) is 0 Å². The molecule has 3 aromatic rings. The van der Waals surface area contributed by atoms with Crippen LogP contribution in [0.1, 0.15) is 16.7 Å². The summed E-state index contributed by atoms with van der Waals surface area (Å²) in [5.74, 6) is 0. The van der Waals surface area contributed by atoms with Gasteiger partial charge in [0.15, 0.2) is 0 Å². The van der Waals surface area contributed by atoms with E-state index in [1.807, 2.05) is 47.2 Å². The van der Waals surface area contributed by atoms with Crippen LogP contribution in [-0.4, -0.2) is 27.5 Å². The largest absolute Gasteiger partial charge is 0.334 e. The summed E-state index contributed by atoms with van der Waals surface area (Å²) in [7, 11) is 1.75. The van der Waals surface area contributed by atoms with Gasteiger partial charge in [0.2, 0.25) is 0 Å². The number of rotatable bonds is 5. The first-order valence-electron chi connectivity index (χ1n) is 8.21. The molecule has 2 amide bonds. The highest BCUT2D eigenvalue weighted by molar-refractivity contribution is 5.73. The Morgan fingerprint density at radius 2 is 1.85 bits per heavy atom. The predicted octanol–water partition coefficient (Wildman–Crippen LogP) is 3.09. The molecule has 3 rings (SSSR count). The average molecular weight is 345 g/mol. The number of aromatic nitrogens is 2. The minimum Gasteiger partial charge on any atom is -0.334 e. The Bertz CT molecular complexity index is 893. The lowest BCUT2D eigenvalue weighted by Gasteiger charge is -2.18. The van der Waals surface area contributed by atoms with E-state index in [-0.39, 0.29) is 6.03 Å². The van der Waals surface area contributed by atoms with Gasteiger partial charge in [0.1, 0.15) is 0 Å². The molecule has 1 N–H and O–H groups in total. The third kappa shape index (κ3) is 4.28. The van der Waals surface area contributed by atoms with Gasteiger partial charge in [0.05, 0.1) is 18.0 Å². The van der Waals surface area contributed by atoms with Crippen LogP contribution in [0.4, 0.5) is 4.79 Å². The molecule has 1 aromatic heterocycles. The fraction of sp³-hybridized carbons (Fsp3) is 0.150. The predicted molar refractivity (Wildman–Crippen MR) is 98.4 cm³/mol. The number of imidazole rings is 1. The van der Waals surface area contributed by atoms with Gasteiger partial charge in [-0.2, -0.15) is 5.26 Å². The summed E-state index contributed by atoms with van der Waals surface area (Å²) in [4.78, 5) is 17.9. The van der Waals surface area contributed by atoms with Crippen molar-refractivity contribution in [1.82, 2.24) is 19.8 Å².